The summed E-state index contributed by atoms with van der Waals surface area (Å²) in [6, 6.07) is 0. The third kappa shape index (κ3) is 1.95. The van der Waals surface area contributed by atoms with Crippen molar-refractivity contribution in [2.75, 3.05) is 12.3 Å². The van der Waals surface area contributed by atoms with Crippen LogP contribution in [0.1, 0.15) is 18.4 Å². The second kappa shape index (κ2) is 3.70. The van der Waals surface area contributed by atoms with Crippen molar-refractivity contribution in [3.8, 4) is 0 Å². The van der Waals surface area contributed by atoms with Crippen molar-refractivity contribution in [1.29, 1.82) is 0 Å². The van der Waals surface area contributed by atoms with Gasteiger partial charge in [-0.15, -0.1) is 0 Å². The highest BCUT2D eigenvalue weighted by molar-refractivity contribution is 5.36. The molecule has 2 N–H and O–H groups in total. The van der Waals surface area contributed by atoms with Gasteiger partial charge in [0.2, 0.25) is 0 Å². The van der Waals surface area contributed by atoms with Crippen LogP contribution >= 0.6 is 0 Å². The summed E-state index contributed by atoms with van der Waals surface area (Å²) in [5.41, 5.74) is 6.69. The first-order valence-electron chi connectivity index (χ1n) is 4.52. The van der Waals surface area contributed by atoms with E-state index in [0.717, 1.165) is 31.4 Å². The van der Waals surface area contributed by atoms with Crippen molar-refractivity contribution in [1.82, 2.24) is 9.97 Å². The van der Waals surface area contributed by atoms with Crippen LogP contribution in [0, 0.1) is 0 Å². The Labute approximate surface area is 77.1 Å². The van der Waals surface area contributed by atoms with Crippen LogP contribution in [-0.4, -0.2) is 22.7 Å². The largest absolute Gasteiger partial charge is 0.383 e. The second-order valence-corrected chi connectivity index (χ2v) is 3.27. The molecular weight excluding hydrogens is 166 g/mol. The van der Waals surface area contributed by atoms with Crippen molar-refractivity contribution in [2.45, 2.75) is 25.4 Å². The van der Waals surface area contributed by atoms with E-state index >= 15 is 0 Å². The summed E-state index contributed by atoms with van der Waals surface area (Å²) in [7, 11) is 0. The molecule has 4 heteroatoms. The third-order valence-electron chi connectivity index (χ3n) is 2.29. The zero-order valence-electron chi connectivity index (χ0n) is 7.44. The predicted molar refractivity (Wildman–Crippen MR) is 49.1 cm³/mol. The highest BCUT2D eigenvalue weighted by atomic mass is 16.5. The molecule has 0 bridgehead atoms. The molecule has 1 unspecified atom stereocenters. The van der Waals surface area contributed by atoms with Gasteiger partial charge in [-0.3, -0.25) is 0 Å². The molecule has 2 rings (SSSR count). The van der Waals surface area contributed by atoms with Gasteiger partial charge in [0.1, 0.15) is 12.1 Å². The quantitative estimate of drug-likeness (QED) is 0.728. The summed E-state index contributed by atoms with van der Waals surface area (Å²) in [4.78, 5) is 7.87. The Hall–Kier alpha value is -1.16. The molecule has 2 heterocycles. The Balaban J connectivity index is 2.04. The molecule has 0 amide bonds. The van der Waals surface area contributed by atoms with Crippen LogP contribution in [0.4, 0.5) is 5.82 Å². The third-order valence-corrected chi connectivity index (χ3v) is 2.29. The molecule has 0 spiro atoms. The summed E-state index contributed by atoms with van der Waals surface area (Å²) in [5, 5.41) is 0. The molecule has 1 aliphatic rings. The number of nitrogens with two attached hydrogens (primary N) is 1. The molecule has 0 radical (unpaired) electrons. The highest BCUT2D eigenvalue weighted by Gasteiger charge is 2.17. The van der Waals surface area contributed by atoms with E-state index in [9.17, 15) is 0 Å². The second-order valence-electron chi connectivity index (χ2n) is 3.27. The lowest BCUT2D eigenvalue weighted by Crippen LogP contribution is -2.11. The van der Waals surface area contributed by atoms with Crippen LogP contribution in [0.25, 0.3) is 0 Å². The summed E-state index contributed by atoms with van der Waals surface area (Å²) in [6.07, 6.45) is 6.66. The number of nitrogens with zero attached hydrogens (tertiary/aromatic N) is 2. The van der Waals surface area contributed by atoms with Gasteiger partial charge in [-0.2, -0.15) is 0 Å². The van der Waals surface area contributed by atoms with Crippen molar-refractivity contribution < 1.29 is 4.74 Å². The molecule has 0 saturated carbocycles. The van der Waals surface area contributed by atoms with Gasteiger partial charge < -0.3 is 10.5 Å². The minimum Gasteiger partial charge on any atom is -0.383 e. The van der Waals surface area contributed by atoms with E-state index in [0.29, 0.717) is 11.9 Å². The monoisotopic (exact) mass is 179 g/mol. The molecule has 0 aliphatic carbocycles. The fourth-order valence-corrected chi connectivity index (χ4v) is 1.58. The molecule has 1 aliphatic heterocycles. The highest BCUT2D eigenvalue weighted by Crippen LogP contribution is 2.18. The van der Waals surface area contributed by atoms with E-state index in [4.69, 9.17) is 10.5 Å². The average Bonchev–Trinajstić information content (AvgIpc) is 2.61. The Morgan fingerprint density at radius 1 is 1.62 bits per heavy atom. The van der Waals surface area contributed by atoms with Crippen LogP contribution in [0.15, 0.2) is 12.5 Å². The number of rotatable bonds is 2. The van der Waals surface area contributed by atoms with Gasteiger partial charge in [0, 0.05) is 24.8 Å². The van der Waals surface area contributed by atoms with Gasteiger partial charge in [0.15, 0.2) is 0 Å². The Kier molecular flexibility index (Phi) is 2.40. The van der Waals surface area contributed by atoms with E-state index in [1.54, 1.807) is 6.20 Å². The molecule has 0 aromatic carbocycles. The average molecular weight is 179 g/mol. The van der Waals surface area contributed by atoms with E-state index in [1.807, 2.05) is 0 Å². The molecule has 1 aromatic rings. The van der Waals surface area contributed by atoms with E-state index in [1.165, 1.54) is 6.33 Å². The molecule has 1 atom stereocenters. The number of ether oxygens (including phenoxy) is 1. The normalized spacial score (nSPS) is 22.0. The summed E-state index contributed by atoms with van der Waals surface area (Å²) in [6.45, 7) is 0.873. The minimum atomic E-state index is 0.313. The molecule has 1 fully saturated rings. The van der Waals surface area contributed by atoms with Crippen molar-refractivity contribution in [3.63, 3.8) is 0 Å². The molecule has 70 valence electrons. The molecule has 13 heavy (non-hydrogen) atoms. The topological polar surface area (TPSA) is 61.0 Å². The van der Waals surface area contributed by atoms with Crippen LogP contribution in [-0.2, 0) is 11.2 Å². The standard InChI is InChI=1S/C9H13N3O/c10-9-7(5-11-6-12-9)4-8-2-1-3-13-8/h5-6,8H,1-4H2,(H2,10,11,12). The molecular formula is C9H13N3O. The van der Waals surface area contributed by atoms with Crippen LogP contribution in [0.5, 0.6) is 0 Å². The van der Waals surface area contributed by atoms with E-state index < -0.39 is 0 Å². The van der Waals surface area contributed by atoms with Gasteiger partial charge in [-0.05, 0) is 12.8 Å². The van der Waals surface area contributed by atoms with Crippen LogP contribution in [0.2, 0.25) is 0 Å². The number of anilines is 1. The fourth-order valence-electron chi connectivity index (χ4n) is 1.58. The molecule has 4 nitrogen and oxygen atoms in total. The smallest absolute Gasteiger partial charge is 0.130 e. The Morgan fingerprint density at radius 2 is 2.54 bits per heavy atom. The maximum absolute atomic E-state index is 5.69. The van der Waals surface area contributed by atoms with Gasteiger partial charge >= 0.3 is 0 Å². The zero-order valence-corrected chi connectivity index (χ0v) is 7.44. The Bertz CT molecular complexity index is 284. The van der Waals surface area contributed by atoms with E-state index in [2.05, 4.69) is 9.97 Å². The van der Waals surface area contributed by atoms with E-state index in [-0.39, 0.29) is 0 Å². The maximum atomic E-state index is 5.69. The lowest BCUT2D eigenvalue weighted by molar-refractivity contribution is 0.111. The first kappa shape index (κ1) is 8.44. The van der Waals surface area contributed by atoms with Crippen LogP contribution in [0.3, 0.4) is 0 Å². The number of hydrogen-bond acceptors (Lipinski definition) is 4. The number of aromatic nitrogens is 2. The fraction of sp³-hybridized carbons (Fsp3) is 0.556. The zero-order chi connectivity index (χ0) is 9.10. The number of nitrogen functional groups attached to an aromatic ring is 1. The first-order valence-corrected chi connectivity index (χ1v) is 4.52. The van der Waals surface area contributed by atoms with Crippen LogP contribution < -0.4 is 5.73 Å². The van der Waals surface area contributed by atoms with Gasteiger partial charge in [-0.1, -0.05) is 0 Å². The lowest BCUT2D eigenvalue weighted by Gasteiger charge is -2.09. The first-order chi connectivity index (χ1) is 6.36. The minimum absolute atomic E-state index is 0.313. The van der Waals surface area contributed by atoms with Crippen molar-refractivity contribution in [3.05, 3.63) is 18.1 Å². The Morgan fingerprint density at radius 3 is 3.23 bits per heavy atom. The summed E-state index contributed by atoms with van der Waals surface area (Å²) < 4.78 is 5.50. The lowest BCUT2D eigenvalue weighted by atomic mass is 10.1. The van der Waals surface area contributed by atoms with Crippen molar-refractivity contribution in [2.24, 2.45) is 0 Å². The SMILES string of the molecule is Nc1ncncc1CC1CCCO1. The molecule has 1 saturated heterocycles. The maximum Gasteiger partial charge on any atom is 0.130 e. The summed E-state index contributed by atoms with van der Waals surface area (Å²) in [5.74, 6) is 0.575. The van der Waals surface area contributed by atoms with Crippen molar-refractivity contribution >= 4 is 5.82 Å². The predicted octanol–water partition coefficient (Wildman–Crippen LogP) is 0.780. The summed E-state index contributed by atoms with van der Waals surface area (Å²) >= 11 is 0. The van der Waals surface area contributed by atoms with Gasteiger partial charge in [0.25, 0.3) is 0 Å². The van der Waals surface area contributed by atoms with Gasteiger partial charge in [-0.25, -0.2) is 9.97 Å². The van der Waals surface area contributed by atoms with Gasteiger partial charge in [0.05, 0.1) is 6.10 Å². The molecule has 1 aromatic heterocycles. The number of hydrogen-bond donors (Lipinski definition) is 1.